The molecule has 2 atom stereocenters. The van der Waals surface area contributed by atoms with Crippen LogP contribution in [0, 0.1) is 0 Å². The van der Waals surface area contributed by atoms with E-state index in [4.69, 9.17) is 4.74 Å². The van der Waals surface area contributed by atoms with Crippen LogP contribution in [0.3, 0.4) is 0 Å². The normalized spacial score (nSPS) is 16.6. The molecule has 28 heavy (non-hydrogen) atoms. The number of benzene rings is 2. The quantitative estimate of drug-likeness (QED) is 0.448. The first-order chi connectivity index (χ1) is 13.1. The first-order valence-corrected chi connectivity index (χ1v) is 9.04. The molecule has 3 rings (SSSR count). The number of aliphatic hydroxyl groups is 2. The molecular formula is C21H24NO5Y-. The zero-order valence-electron chi connectivity index (χ0n) is 15.6. The second kappa shape index (κ2) is 11.0. The molecule has 1 aliphatic carbocycles. The van der Waals surface area contributed by atoms with Crippen LogP contribution in [0.4, 0.5) is 0 Å². The average molecular weight is 459 g/mol. The Morgan fingerprint density at radius 2 is 2.04 bits per heavy atom. The van der Waals surface area contributed by atoms with Gasteiger partial charge in [0.1, 0.15) is 11.5 Å². The molecule has 2 aromatic rings. The van der Waals surface area contributed by atoms with E-state index in [0.717, 1.165) is 19.3 Å². The van der Waals surface area contributed by atoms with Crippen molar-refractivity contribution in [2.45, 2.75) is 38.0 Å². The zero-order chi connectivity index (χ0) is 19.2. The van der Waals surface area contributed by atoms with Crippen LogP contribution in [0.15, 0.2) is 36.4 Å². The fourth-order valence-corrected chi connectivity index (χ4v) is 3.45. The van der Waals surface area contributed by atoms with Crippen LogP contribution in [0.2, 0.25) is 0 Å². The Bertz CT molecular complexity index is 798. The molecule has 4 N–H and O–H groups in total. The maximum absolute atomic E-state index is 10.4. The molecule has 7 heteroatoms. The van der Waals surface area contributed by atoms with Crippen molar-refractivity contribution in [3.63, 3.8) is 0 Å². The van der Waals surface area contributed by atoms with E-state index in [-0.39, 0.29) is 57.7 Å². The standard InChI is InChI=1S/C21H24NO5.Y/c23-7-8-27-19-5-2-14-1-4-18(10-16(14)11-19)22-12-21(26)15-3-6-20(25)17(9-15)13-24;/h2-3,5-6,9,11,18,21-22,24-26H,1,4,8,10,12-13H2;/q-1;. The van der Waals surface area contributed by atoms with Crippen LogP contribution in [0.5, 0.6) is 11.5 Å². The minimum absolute atomic E-state index is 0. The van der Waals surface area contributed by atoms with Crippen molar-refractivity contribution in [3.05, 3.63) is 58.7 Å². The van der Waals surface area contributed by atoms with Gasteiger partial charge in [-0.3, -0.25) is 0 Å². The molecule has 0 aromatic heterocycles. The third-order valence-corrected chi connectivity index (χ3v) is 4.96. The Hall–Kier alpha value is -1.31. The molecule has 0 heterocycles. The number of carbonyl (C=O) groups excluding carboxylic acids is 1. The van der Waals surface area contributed by atoms with Crippen LogP contribution in [-0.2, 0) is 57.0 Å². The number of aryl methyl sites for hydroxylation is 1. The summed E-state index contributed by atoms with van der Waals surface area (Å²) < 4.78 is 5.32. The molecular weight excluding hydrogens is 435 g/mol. The predicted molar refractivity (Wildman–Crippen MR) is 100 cm³/mol. The van der Waals surface area contributed by atoms with Gasteiger partial charge in [-0.25, -0.2) is 6.29 Å². The molecule has 1 radical (unpaired) electrons. The molecule has 1 aliphatic rings. The van der Waals surface area contributed by atoms with Crippen LogP contribution in [0.1, 0.15) is 34.8 Å². The number of fused-ring (bicyclic) bond motifs is 1. The van der Waals surface area contributed by atoms with Gasteiger partial charge in [-0.1, -0.05) is 12.1 Å². The van der Waals surface area contributed by atoms with Crippen molar-refractivity contribution in [2.75, 3.05) is 13.2 Å². The van der Waals surface area contributed by atoms with Gasteiger partial charge in [0.15, 0.2) is 0 Å². The van der Waals surface area contributed by atoms with Gasteiger partial charge in [0.05, 0.1) is 12.7 Å². The van der Waals surface area contributed by atoms with E-state index in [9.17, 15) is 20.1 Å². The van der Waals surface area contributed by atoms with Crippen LogP contribution in [0.25, 0.3) is 0 Å². The Balaban J connectivity index is 0.00000280. The van der Waals surface area contributed by atoms with Crippen molar-refractivity contribution in [2.24, 2.45) is 0 Å². The summed E-state index contributed by atoms with van der Waals surface area (Å²) in [6.07, 6.45) is 3.73. The summed E-state index contributed by atoms with van der Waals surface area (Å²) in [6.45, 7) is 0.0343. The Labute approximate surface area is 189 Å². The van der Waals surface area contributed by atoms with Crippen molar-refractivity contribution >= 4 is 6.29 Å². The number of hydrogen-bond donors (Lipinski definition) is 4. The van der Waals surface area contributed by atoms with Crippen LogP contribution >= 0.6 is 0 Å². The number of nitrogens with one attached hydrogen (secondary N) is 1. The summed E-state index contributed by atoms with van der Waals surface area (Å²) >= 11 is 0. The zero-order valence-corrected chi connectivity index (χ0v) is 18.4. The summed E-state index contributed by atoms with van der Waals surface area (Å²) in [4.78, 5) is 10.3. The minimum atomic E-state index is -0.727. The second-order valence-electron chi connectivity index (χ2n) is 6.77. The molecule has 0 amide bonds. The summed E-state index contributed by atoms with van der Waals surface area (Å²) in [5.74, 6) is 0.689. The fourth-order valence-electron chi connectivity index (χ4n) is 3.45. The van der Waals surface area contributed by atoms with E-state index >= 15 is 0 Å². The number of aliphatic hydroxyl groups excluding tert-OH is 2. The summed E-state index contributed by atoms with van der Waals surface area (Å²) in [7, 11) is 0. The second-order valence-corrected chi connectivity index (χ2v) is 6.77. The molecule has 2 unspecified atom stereocenters. The molecule has 147 valence electrons. The van der Waals surface area contributed by atoms with Gasteiger partial charge in [0, 0.05) is 50.9 Å². The third-order valence-electron chi connectivity index (χ3n) is 4.96. The largest absolute Gasteiger partial charge is 0.539 e. The van der Waals surface area contributed by atoms with Crippen LogP contribution < -0.4 is 10.1 Å². The summed E-state index contributed by atoms with van der Waals surface area (Å²) in [5.41, 5.74) is 3.52. The molecule has 0 spiro atoms. The number of phenols is 1. The van der Waals surface area contributed by atoms with E-state index in [0.29, 0.717) is 23.4 Å². The number of hydrogen-bond acceptors (Lipinski definition) is 6. The van der Waals surface area contributed by atoms with Crippen molar-refractivity contribution in [1.29, 1.82) is 0 Å². The van der Waals surface area contributed by atoms with Gasteiger partial charge in [-0.05, 0) is 66.8 Å². The van der Waals surface area contributed by atoms with Crippen LogP contribution in [-0.4, -0.2) is 40.8 Å². The molecule has 0 bridgehead atoms. The average Bonchev–Trinajstić information content (AvgIpc) is 2.70. The van der Waals surface area contributed by atoms with Crippen molar-refractivity contribution in [1.82, 2.24) is 5.32 Å². The fraction of sp³-hybridized carbons (Fsp3) is 0.381. The molecule has 6 nitrogen and oxygen atoms in total. The smallest absolute Gasteiger partial charge is 0.121 e. The van der Waals surface area contributed by atoms with E-state index in [1.54, 1.807) is 18.4 Å². The van der Waals surface area contributed by atoms with Gasteiger partial charge < -0.3 is 30.2 Å². The number of aromatic hydroxyl groups is 1. The first kappa shape index (κ1) is 23.0. The Morgan fingerprint density at radius 3 is 2.79 bits per heavy atom. The predicted octanol–water partition coefficient (Wildman–Crippen LogP) is 1.55. The molecule has 0 saturated heterocycles. The van der Waals surface area contributed by atoms with Crippen molar-refractivity contribution in [3.8, 4) is 11.5 Å². The number of rotatable bonds is 8. The molecule has 0 fully saturated rings. The molecule has 0 aliphatic heterocycles. The summed E-state index contributed by atoms with van der Waals surface area (Å²) in [5, 5.41) is 32.7. The Morgan fingerprint density at radius 1 is 1.21 bits per heavy atom. The van der Waals surface area contributed by atoms with Gasteiger partial charge in [0.2, 0.25) is 0 Å². The maximum Gasteiger partial charge on any atom is 0.121 e. The third kappa shape index (κ3) is 5.85. The van der Waals surface area contributed by atoms with E-state index in [1.807, 2.05) is 18.2 Å². The SMILES string of the molecule is O=[C-]COc1ccc2c(c1)CC(NCC(O)c1ccc(O)c(CO)c1)CC2.[Y]. The van der Waals surface area contributed by atoms with Crippen molar-refractivity contribution < 1.29 is 57.6 Å². The monoisotopic (exact) mass is 459 g/mol. The van der Waals surface area contributed by atoms with Gasteiger partial charge in [0.25, 0.3) is 0 Å². The van der Waals surface area contributed by atoms with Gasteiger partial charge in [-0.15, -0.1) is 0 Å². The summed E-state index contributed by atoms with van der Waals surface area (Å²) in [6, 6.07) is 10.9. The molecule has 0 saturated carbocycles. The minimum Gasteiger partial charge on any atom is -0.539 e. The topological polar surface area (TPSA) is 99.0 Å². The first-order valence-electron chi connectivity index (χ1n) is 9.04. The van der Waals surface area contributed by atoms with Gasteiger partial charge in [-0.2, -0.15) is 0 Å². The molecule has 2 aromatic carbocycles. The number of ether oxygens (including phenoxy) is 1. The Kier molecular flexibility index (Phi) is 9.05. The van der Waals surface area contributed by atoms with E-state index in [1.165, 1.54) is 17.2 Å². The maximum atomic E-state index is 10.4. The van der Waals surface area contributed by atoms with E-state index < -0.39 is 6.10 Å². The van der Waals surface area contributed by atoms with Gasteiger partial charge >= 0.3 is 0 Å². The van der Waals surface area contributed by atoms with E-state index in [2.05, 4.69) is 5.32 Å².